The average molecular weight is 223 g/mol. The molecule has 0 atom stereocenters. The summed E-state index contributed by atoms with van der Waals surface area (Å²) in [5, 5.41) is 1.97. The van der Waals surface area contributed by atoms with Crippen LogP contribution in [0.1, 0.15) is 5.69 Å². The van der Waals surface area contributed by atoms with Crippen LogP contribution in [0.15, 0.2) is 39.1 Å². The van der Waals surface area contributed by atoms with Gasteiger partial charge in [0, 0.05) is 29.2 Å². The highest BCUT2D eigenvalue weighted by atomic mass is 32.2. The fourth-order valence-corrected chi connectivity index (χ4v) is 2.64. The number of pyridine rings is 1. The molecule has 2 rings (SSSR count). The van der Waals surface area contributed by atoms with Gasteiger partial charge >= 0.3 is 0 Å². The van der Waals surface area contributed by atoms with Gasteiger partial charge in [-0.2, -0.15) is 0 Å². The lowest BCUT2D eigenvalue weighted by molar-refractivity contribution is 0.976. The van der Waals surface area contributed by atoms with Crippen molar-refractivity contribution in [1.29, 1.82) is 0 Å². The first-order valence-electron chi connectivity index (χ1n) is 4.11. The summed E-state index contributed by atoms with van der Waals surface area (Å²) >= 11 is 3.27. The monoisotopic (exact) mass is 223 g/mol. The molecule has 72 valence electrons. The van der Waals surface area contributed by atoms with Gasteiger partial charge in [0.05, 0.1) is 5.69 Å². The van der Waals surface area contributed by atoms with E-state index in [1.54, 1.807) is 35.5 Å². The summed E-state index contributed by atoms with van der Waals surface area (Å²) in [4.78, 5) is 9.46. The van der Waals surface area contributed by atoms with Crippen LogP contribution in [0.2, 0.25) is 0 Å². The summed E-state index contributed by atoms with van der Waals surface area (Å²) in [5.41, 5.74) is 6.42. The summed E-state index contributed by atoms with van der Waals surface area (Å²) in [6.07, 6.45) is 3.58. The van der Waals surface area contributed by atoms with Crippen molar-refractivity contribution in [2.24, 2.45) is 5.73 Å². The van der Waals surface area contributed by atoms with Crippen LogP contribution in [0.3, 0.4) is 0 Å². The number of hydrogen-bond donors (Lipinski definition) is 1. The Balaban J connectivity index is 2.17. The van der Waals surface area contributed by atoms with Gasteiger partial charge in [-0.25, -0.2) is 4.98 Å². The average Bonchev–Trinajstić information content (AvgIpc) is 2.71. The van der Waals surface area contributed by atoms with E-state index < -0.39 is 0 Å². The lowest BCUT2D eigenvalue weighted by Gasteiger charge is -1.99. The summed E-state index contributed by atoms with van der Waals surface area (Å²) in [5.74, 6) is 0. The lowest BCUT2D eigenvalue weighted by Crippen LogP contribution is -1.98. The van der Waals surface area contributed by atoms with E-state index in [1.807, 2.05) is 17.5 Å². The zero-order valence-electron chi connectivity index (χ0n) is 7.38. The number of nitrogens with two attached hydrogens (primary N) is 1. The van der Waals surface area contributed by atoms with Crippen LogP contribution in [0.5, 0.6) is 0 Å². The second kappa shape index (κ2) is 4.54. The maximum Gasteiger partial charge on any atom is 0.154 e. The topological polar surface area (TPSA) is 51.8 Å². The maximum absolute atomic E-state index is 5.51. The Bertz CT molecular complexity index is 400. The second-order valence-corrected chi connectivity index (χ2v) is 4.80. The SMILES string of the molecule is NCc1cc(Sc2nccs2)ccn1. The van der Waals surface area contributed by atoms with Crippen LogP contribution >= 0.6 is 23.1 Å². The third kappa shape index (κ3) is 2.31. The van der Waals surface area contributed by atoms with E-state index in [9.17, 15) is 0 Å². The Hall–Kier alpha value is -0.910. The van der Waals surface area contributed by atoms with Crippen LogP contribution in [0, 0.1) is 0 Å². The molecule has 3 nitrogen and oxygen atoms in total. The number of aromatic nitrogens is 2. The molecule has 0 fully saturated rings. The summed E-state index contributed by atoms with van der Waals surface area (Å²) in [7, 11) is 0. The molecule has 2 aromatic heterocycles. The molecule has 2 heterocycles. The van der Waals surface area contributed by atoms with Crippen LogP contribution in [-0.2, 0) is 6.54 Å². The summed E-state index contributed by atoms with van der Waals surface area (Å²) in [6, 6.07) is 3.96. The van der Waals surface area contributed by atoms with Crippen molar-refractivity contribution in [3.63, 3.8) is 0 Å². The van der Waals surface area contributed by atoms with E-state index in [-0.39, 0.29) is 0 Å². The van der Waals surface area contributed by atoms with Gasteiger partial charge in [0.15, 0.2) is 4.34 Å². The van der Waals surface area contributed by atoms with Gasteiger partial charge in [-0.15, -0.1) is 11.3 Å². The van der Waals surface area contributed by atoms with Gasteiger partial charge < -0.3 is 5.73 Å². The maximum atomic E-state index is 5.51. The molecule has 2 N–H and O–H groups in total. The zero-order valence-corrected chi connectivity index (χ0v) is 9.02. The first-order valence-corrected chi connectivity index (χ1v) is 5.80. The standard InChI is InChI=1S/C9H9N3S2/c10-6-7-5-8(1-2-11-7)14-9-12-3-4-13-9/h1-5H,6,10H2. The molecule has 0 aromatic carbocycles. The lowest BCUT2D eigenvalue weighted by atomic mass is 10.3. The number of rotatable bonds is 3. The number of nitrogens with zero attached hydrogens (tertiary/aromatic N) is 2. The Morgan fingerprint density at radius 1 is 1.36 bits per heavy atom. The van der Waals surface area contributed by atoms with Gasteiger partial charge in [0.25, 0.3) is 0 Å². The van der Waals surface area contributed by atoms with Crippen molar-refractivity contribution >= 4 is 23.1 Å². The Morgan fingerprint density at radius 2 is 2.29 bits per heavy atom. The Labute approximate surface area is 90.4 Å². The minimum atomic E-state index is 0.478. The molecule has 0 aliphatic heterocycles. The van der Waals surface area contributed by atoms with E-state index in [4.69, 9.17) is 5.73 Å². The summed E-state index contributed by atoms with van der Waals surface area (Å²) in [6.45, 7) is 0.478. The minimum absolute atomic E-state index is 0.478. The van der Waals surface area contributed by atoms with E-state index in [1.165, 1.54) is 0 Å². The molecule has 0 unspecified atom stereocenters. The van der Waals surface area contributed by atoms with E-state index in [0.717, 1.165) is 14.9 Å². The molecule has 0 aliphatic rings. The third-order valence-corrected chi connectivity index (χ3v) is 3.49. The van der Waals surface area contributed by atoms with E-state index >= 15 is 0 Å². The van der Waals surface area contributed by atoms with Crippen molar-refractivity contribution in [3.8, 4) is 0 Å². The highest BCUT2D eigenvalue weighted by molar-refractivity contribution is 8.01. The minimum Gasteiger partial charge on any atom is -0.325 e. The normalized spacial score (nSPS) is 10.4. The molecule has 2 aromatic rings. The van der Waals surface area contributed by atoms with Crippen molar-refractivity contribution < 1.29 is 0 Å². The highest BCUT2D eigenvalue weighted by Crippen LogP contribution is 2.28. The molecule has 0 saturated heterocycles. The molecule has 0 radical (unpaired) electrons. The van der Waals surface area contributed by atoms with Gasteiger partial charge in [0.1, 0.15) is 0 Å². The Kier molecular flexibility index (Phi) is 3.13. The molecule has 0 saturated carbocycles. The zero-order chi connectivity index (χ0) is 9.80. The fraction of sp³-hybridized carbons (Fsp3) is 0.111. The van der Waals surface area contributed by atoms with Gasteiger partial charge in [0.2, 0.25) is 0 Å². The second-order valence-electron chi connectivity index (χ2n) is 2.59. The smallest absolute Gasteiger partial charge is 0.154 e. The molecule has 0 aliphatic carbocycles. The van der Waals surface area contributed by atoms with Crippen molar-refractivity contribution in [2.75, 3.05) is 0 Å². The van der Waals surface area contributed by atoms with Gasteiger partial charge in [-0.1, -0.05) is 11.8 Å². The quantitative estimate of drug-likeness (QED) is 0.866. The molecule has 0 amide bonds. The van der Waals surface area contributed by atoms with E-state index in [0.29, 0.717) is 6.54 Å². The molecular formula is C9H9N3S2. The van der Waals surface area contributed by atoms with Crippen LogP contribution < -0.4 is 5.73 Å². The van der Waals surface area contributed by atoms with Crippen molar-refractivity contribution in [3.05, 3.63) is 35.6 Å². The highest BCUT2D eigenvalue weighted by Gasteiger charge is 2.00. The van der Waals surface area contributed by atoms with Crippen LogP contribution in [0.4, 0.5) is 0 Å². The molecule has 5 heteroatoms. The van der Waals surface area contributed by atoms with Crippen LogP contribution in [0.25, 0.3) is 0 Å². The number of hydrogen-bond acceptors (Lipinski definition) is 5. The molecule has 0 spiro atoms. The van der Waals surface area contributed by atoms with Gasteiger partial charge in [-0.3, -0.25) is 4.98 Å². The first kappa shape index (κ1) is 9.64. The predicted molar refractivity (Wildman–Crippen MR) is 58.4 cm³/mol. The van der Waals surface area contributed by atoms with Crippen LogP contribution in [-0.4, -0.2) is 9.97 Å². The first-order chi connectivity index (χ1) is 6.88. The summed E-state index contributed by atoms with van der Waals surface area (Å²) < 4.78 is 1.04. The molecule has 14 heavy (non-hydrogen) atoms. The molecular weight excluding hydrogens is 214 g/mol. The Morgan fingerprint density at radius 3 is 3.00 bits per heavy atom. The molecule has 0 bridgehead atoms. The predicted octanol–water partition coefficient (Wildman–Crippen LogP) is 2.15. The third-order valence-electron chi connectivity index (χ3n) is 1.61. The van der Waals surface area contributed by atoms with Gasteiger partial charge in [-0.05, 0) is 12.1 Å². The van der Waals surface area contributed by atoms with Crippen molar-refractivity contribution in [2.45, 2.75) is 15.8 Å². The van der Waals surface area contributed by atoms with E-state index in [2.05, 4.69) is 9.97 Å². The van der Waals surface area contributed by atoms with Crippen molar-refractivity contribution in [1.82, 2.24) is 9.97 Å². The number of thiazole rings is 1. The largest absolute Gasteiger partial charge is 0.325 e. The fourth-order valence-electron chi connectivity index (χ4n) is 0.993.